The van der Waals surface area contributed by atoms with Gasteiger partial charge in [0.05, 0.1) is 19.0 Å². The van der Waals surface area contributed by atoms with Crippen LogP contribution in [0.4, 0.5) is 13.2 Å². The molecule has 3 aromatic rings. The minimum Gasteiger partial charge on any atom is -0.497 e. The fourth-order valence-corrected chi connectivity index (χ4v) is 3.27. The van der Waals surface area contributed by atoms with Crippen LogP contribution in [0.3, 0.4) is 0 Å². The van der Waals surface area contributed by atoms with E-state index in [2.05, 4.69) is 5.32 Å². The van der Waals surface area contributed by atoms with Gasteiger partial charge < -0.3 is 14.6 Å². The second-order valence-electron chi connectivity index (χ2n) is 6.94. The maximum Gasteiger partial charge on any atom is 0.431 e. The number of aromatic nitrogens is 1. The van der Waals surface area contributed by atoms with Crippen LogP contribution >= 0.6 is 0 Å². The van der Waals surface area contributed by atoms with Gasteiger partial charge in [-0.3, -0.25) is 9.59 Å². The van der Waals surface area contributed by atoms with Crippen LogP contribution in [0, 0.1) is 6.92 Å². The molecular weight excluding hydrogens is 397 g/mol. The highest BCUT2D eigenvalue weighted by atomic mass is 19.4. The van der Waals surface area contributed by atoms with Gasteiger partial charge in [-0.15, -0.1) is 0 Å². The Labute approximate surface area is 171 Å². The summed E-state index contributed by atoms with van der Waals surface area (Å²) in [5, 5.41) is 2.86. The van der Waals surface area contributed by atoms with Crippen molar-refractivity contribution in [3.63, 3.8) is 0 Å². The third kappa shape index (κ3) is 4.82. The number of ether oxygens (including phenoxy) is 1. The number of methoxy groups -OCH3 is 1. The number of alkyl halides is 3. The highest BCUT2D eigenvalue weighted by Crippen LogP contribution is 2.30. The highest BCUT2D eigenvalue weighted by Gasteiger charge is 2.35. The quantitative estimate of drug-likeness (QED) is 0.664. The Balaban J connectivity index is 1.78. The van der Waals surface area contributed by atoms with Crippen molar-refractivity contribution in [2.24, 2.45) is 0 Å². The Morgan fingerprint density at radius 1 is 1.10 bits per heavy atom. The van der Waals surface area contributed by atoms with Crippen molar-refractivity contribution in [1.29, 1.82) is 0 Å². The van der Waals surface area contributed by atoms with Gasteiger partial charge in [0, 0.05) is 24.5 Å². The molecule has 0 bridgehead atoms. The molecule has 0 unspecified atom stereocenters. The third-order valence-electron chi connectivity index (χ3n) is 4.74. The second-order valence-corrected chi connectivity index (χ2v) is 6.94. The summed E-state index contributed by atoms with van der Waals surface area (Å²) in [6.45, 7) is 1.63. The molecule has 0 atom stereocenters. The average molecular weight is 418 g/mol. The molecule has 2 aromatic carbocycles. The maximum atomic E-state index is 13.5. The molecule has 1 heterocycles. The van der Waals surface area contributed by atoms with E-state index in [1.807, 2.05) is 0 Å². The Kier molecular flexibility index (Phi) is 6.14. The number of carbonyl (C=O) groups excluding carboxylic acids is 1. The van der Waals surface area contributed by atoms with Crippen LogP contribution in [0.25, 0.3) is 10.9 Å². The minimum absolute atomic E-state index is 0.0100. The third-order valence-corrected chi connectivity index (χ3v) is 4.74. The zero-order valence-electron chi connectivity index (χ0n) is 16.5. The molecule has 30 heavy (non-hydrogen) atoms. The zero-order chi connectivity index (χ0) is 21.9. The Morgan fingerprint density at radius 3 is 2.43 bits per heavy atom. The van der Waals surface area contributed by atoms with Crippen molar-refractivity contribution >= 4 is 16.8 Å². The van der Waals surface area contributed by atoms with E-state index in [1.54, 1.807) is 50.4 Å². The van der Waals surface area contributed by atoms with Crippen molar-refractivity contribution in [2.75, 3.05) is 13.7 Å². The summed E-state index contributed by atoms with van der Waals surface area (Å²) in [6.07, 6.45) is -4.59. The Hall–Kier alpha value is -3.29. The van der Waals surface area contributed by atoms with Gasteiger partial charge in [0.25, 0.3) is 0 Å². The Morgan fingerprint density at radius 2 is 1.80 bits per heavy atom. The number of nitrogens with zero attached hydrogens (tertiary/aromatic N) is 1. The molecule has 1 aromatic heterocycles. The number of fused-ring (bicyclic) bond motifs is 1. The SMILES string of the molecule is COc1ccc(CC(=O)NCCn2c(C(F)(F)F)cc(=O)c3cc(C)ccc32)cc1. The summed E-state index contributed by atoms with van der Waals surface area (Å²) < 4.78 is 46.6. The van der Waals surface area contributed by atoms with E-state index in [9.17, 15) is 22.8 Å². The highest BCUT2D eigenvalue weighted by molar-refractivity contribution is 5.80. The molecule has 0 aliphatic carbocycles. The molecule has 3 rings (SSSR count). The van der Waals surface area contributed by atoms with Gasteiger partial charge in [0.1, 0.15) is 11.4 Å². The number of hydrogen-bond donors (Lipinski definition) is 1. The van der Waals surface area contributed by atoms with Crippen LogP contribution in [-0.4, -0.2) is 24.1 Å². The van der Waals surface area contributed by atoms with Crippen molar-refractivity contribution < 1.29 is 22.7 Å². The fourth-order valence-electron chi connectivity index (χ4n) is 3.27. The van der Waals surface area contributed by atoms with E-state index in [0.717, 1.165) is 15.7 Å². The zero-order valence-corrected chi connectivity index (χ0v) is 16.5. The lowest BCUT2D eigenvalue weighted by Gasteiger charge is -2.19. The summed E-state index contributed by atoms with van der Waals surface area (Å²) in [6, 6.07) is 12.3. The summed E-state index contributed by atoms with van der Waals surface area (Å²) in [5.41, 5.74) is 0.00571. The van der Waals surface area contributed by atoms with E-state index in [4.69, 9.17) is 4.74 Å². The predicted octanol–water partition coefficient (Wildman–Crippen LogP) is 3.70. The molecule has 0 radical (unpaired) electrons. The van der Waals surface area contributed by atoms with Crippen LogP contribution in [0.1, 0.15) is 16.8 Å². The van der Waals surface area contributed by atoms with Crippen LogP contribution in [0.5, 0.6) is 5.75 Å². The summed E-state index contributed by atoms with van der Waals surface area (Å²) in [5.74, 6) is 0.356. The number of nitrogens with one attached hydrogen (secondary N) is 1. The van der Waals surface area contributed by atoms with E-state index in [1.165, 1.54) is 6.07 Å². The van der Waals surface area contributed by atoms with E-state index >= 15 is 0 Å². The number of rotatable bonds is 6. The van der Waals surface area contributed by atoms with E-state index < -0.39 is 17.3 Å². The summed E-state index contributed by atoms with van der Waals surface area (Å²) in [7, 11) is 1.54. The molecular formula is C22H21F3N2O3. The average Bonchev–Trinajstić information content (AvgIpc) is 2.69. The molecule has 158 valence electrons. The smallest absolute Gasteiger partial charge is 0.431 e. The number of hydrogen-bond acceptors (Lipinski definition) is 3. The number of benzene rings is 2. The minimum atomic E-state index is -4.69. The lowest BCUT2D eigenvalue weighted by Crippen LogP contribution is -2.31. The van der Waals surface area contributed by atoms with Gasteiger partial charge in [-0.1, -0.05) is 23.8 Å². The van der Waals surface area contributed by atoms with Gasteiger partial charge in [-0.05, 0) is 36.8 Å². The molecule has 0 saturated heterocycles. The van der Waals surface area contributed by atoms with Crippen molar-refractivity contribution in [1.82, 2.24) is 9.88 Å². The summed E-state index contributed by atoms with van der Waals surface area (Å²) >= 11 is 0. The van der Waals surface area contributed by atoms with Gasteiger partial charge in [-0.2, -0.15) is 13.2 Å². The molecule has 0 spiro atoms. The lowest BCUT2D eigenvalue weighted by atomic mass is 10.1. The monoisotopic (exact) mass is 418 g/mol. The standard InChI is InChI=1S/C22H21F3N2O3/c1-14-3-8-18-17(11-14)19(28)13-20(22(23,24)25)27(18)10-9-26-21(29)12-15-4-6-16(30-2)7-5-15/h3-8,11,13H,9-10,12H2,1-2H3,(H,26,29). The molecule has 0 fully saturated rings. The Bertz CT molecular complexity index is 1120. The molecule has 0 saturated carbocycles. The number of carbonyl (C=O) groups is 1. The first-order valence-electron chi connectivity index (χ1n) is 9.30. The number of pyridine rings is 1. The van der Waals surface area contributed by atoms with Gasteiger partial charge >= 0.3 is 6.18 Å². The molecule has 1 N–H and O–H groups in total. The topological polar surface area (TPSA) is 60.3 Å². The largest absolute Gasteiger partial charge is 0.497 e. The normalized spacial score (nSPS) is 11.5. The van der Waals surface area contributed by atoms with Gasteiger partial charge in [0.15, 0.2) is 5.43 Å². The van der Waals surface area contributed by atoms with Crippen LogP contribution in [0.15, 0.2) is 53.3 Å². The van der Waals surface area contributed by atoms with Crippen molar-refractivity contribution in [3.8, 4) is 5.75 Å². The first-order chi connectivity index (χ1) is 14.2. The number of halogens is 3. The number of aryl methyl sites for hydroxylation is 1. The second kappa shape index (κ2) is 8.61. The van der Waals surface area contributed by atoms with Crippen molar-refractivity contribution in [2.45, 2.75) is 26.1 Å². The molecule has 0 aliphatic rings. The lowest BCUT2D eigenvalue weighted by molar-refractivity contribution is -0.143. The van der Waals surface area contributed by atoms with E-state index in [0.29, 0.717) is 11.8 Å². The molecule has 5 nitrogen and oxygen atoms in total. The maximum absolute atomic E-state index is 13.5. The molecule has 8 heteroatoms. The predicted molar refractivity (Wildman–Crippen MR) is 108 cm³/mol. The van der Waals surface area contributed by atoms with Gasteiger partial charge in [-0.25, -0.2) is 0 Å². The fraction of sp³-hybridized carbons (Fsp3) is 0.273. The van der Waals surface area contributed by atoms with Gasteiger partial charge in [0.2, 0.25) is 5.91 Å². The number of amides is 1. The molecule has 0 aliphatic heterocycles. The first-order valence-corrected chi connectivity index (χ1v) is 9.30. The van der Waals surface area contributed by atoms with Crippen LogP contribution < -0.4 is 15.5 Å². The van der Waals surface area contributed by atoms with Crippen molar-refractivity contribution in [3.05, 3.63) is 75.6 Å². The first kappa shape index (κ1) is 21.4. The van der Waals surface area contributed by atoms with E-state index in [-0.39, 0.29) is 36.3 Å². The van der Waals surface area contributed by atoms with Crippen LogP contribution in [0.2, 0.25) is 0 Å². The summed E-state index contributed by atoms with van der Waals surface area (Å²) in [4.78, 5) is 24.4. The van der Waals surface area contributed by atoms with Crippen LogP contribution in [-0.2, 0) is 23.9 Å². The molecule has 1 amide bonds.